The van der Waals surface area contributed by atoms with Gasteiger partial charge in [0.05, 0.1) is 23.7 Å². The number of aromatic hydroxyl groups is 1. The van der Waals surface area contributed by atoms with E-state index in [-0.39, 0.29) is 5.69 Å². The second kappa shape index (κ2) is 6.96. The maximum absolute atomic E-state index is 13.7. The van der Waals surface area contributed by atoms with Crippen LogP contribution >= 0.6 is 0 Å². The van der Waals surface area contributed by atoms with Gasteiger partial charge in [-0.05, 0) is 24.6 Å². The Bertz CT molecular complexity index is 1180. The molecule has 3 aromatic rings. The van der Waals surface area contributed by atoms with E-state index in [2.05, 4.69) is 10.00 Å². The van der Waals surface area contributed by atoms with Crippen molar-refractivity contribution >= 4 is 26.6 Å². The summed E-state index contributed by atoms with van der Waals surface area (Å²) < 4.78 is 53.4. The average molecular weight is 422 g/mol. The molecule has 4 rings (SSSR count). The van der Waals surface area contributed by atoms with Crippen LogP contribution in [0, 0.1) is 18.6 Å². The fourth-order valence-electron chi connectivity index (χ4n) is 3.72. The lowest BCUT2D eigenvalue weighted by molar-refractivity contribution is 0.388. The molecule has 7 nitrogen and oxygen atoms in total. The van der Waals surface area contributed by atoms with Gasteiger partial charge in [0.25, 0.3) is 0 Å². The maximum atomic E-state index is 13.7. The number of phenols is 1. The van der Waals surface area contributed by atoms with Crippen molar-refractivity contribution in [1.29, 1.82) is 0 Å². The molecule has 2 heterocycles. The van der Waals surface area contributed by atoms with Crippen molar-refractivity contribution in [2.24, 2.45) is 0 Å². The zero-order chi connectivity index (χ0) is 20.9. The molecule has 1 aliphatic rings. The van der Waals surface area contributed by atoms with Crippen LogP contribution in [0.5, 0.6) is 5.75 Å². The second-order valence-electron chi connectivity index (χ2n) is 7.11. The van der Waals surface area contributed by atoms with Gasteiger partial charge in [0.15, 0.2) is 17.4 Å². The second-order valence-corrected chi connectivity index (χ2v) is 9.09. The lowest BCUT2D eigenvalue weighted by Gasteiger charge is -2.35. The Hall–Kier alpha value is -2.72. The van der Waals surface area contributed by atoms with Crippen molar-refractivity contribution in [2.45, 2.75) is 6.92 Å². The molecule has 1 saturated heterocycles. The Kier molecular flexibility index (Phi) is 4.70. The first-order valence-corrected chi connectivity index (χ1v) is 10.9. The lowest BCUT2D eigenvalue weighted by atomic mass is 10.1. The third kappa shape index (κ3) is 3.42. The monoisotopic (exact) mass is 422 g/mol. The molecule has 0 amide bonds. The fourth-order valence-corrected chi connectivity index (χ4v) is 4.55. The molecule has 1 aromatic heterocycles. The first-order chi connectivity index (χ1) is 13.7. The number of rotatable bonds is 3. The van der Waals surface area contributed by atoms with Crippen molar-refractivity contribution in [3.8, 4) is 11.4 Å². The molecule has 0 spiro atoms. The third-order valence-corrected chi connectivity index (χ3v) is 6.58. The van der Waals surface area contributed by atoms with Gasteiger partial charge >= 0.3 is 0 Å². The SMILES string of the molecule is Cc1c(N2CCN(S(C)(=O)=O)CC2)ccc2c1cnn2-c1cc(O)c(F)c(F)c1. The Balaban J connectivity index is 1.68. The Morgan fingerprint density at radius 2 is 1.79 bits per heavy atom. The van der Waals surface area contributed by atoms with Crippen molar-refractivity contribution in [3.63, 3.8) is 0 Å². The quantitative estimate of drug-likeness (QED) is 0.701. The van der Waals surface area contributed by atoms with Crippen LogP contribution in [-0.4, -0.2) is 60.0 Å². The Morgan fingerprint density at radius 3 is 2.41 bits per heavy atom. The molecule has 29 heavy (non-hydrogen) atoms. The molecule has 0 bridgehead atoms. The number of phenolic OH excluding ortho intramolecular Hbond substituents is 1. The molecule has 0 atom stereocenters. The fraction of sp³-hybridized carbons (Fsp3) is 0.316. The molecule has 1 N–H and O–H groups in total. The van der Waals surface area contributed by atoms with E-state index in [1.807, 2.05) is 19.1 Å². The number of piperazine rings is 1. The minimum Gasteiger partial charge on any atom is -0.505 e. The number of sulfonamides is 1. The van der Waals surface area contributed by atoms with E-state index in [1.165, 1.54) is 15.2 Å². The van der Waals surface area contributed by atoms with Crippen LogP contribution in [0.1, 0.15) is 5.56 Å². The molecule has 10 heteroatoms. The van der Waals surface area contributed by atoms with Crippen LogP contribution in [0.3, 0.4) is 0 Å². The summed E-state index contributed by atoms with van der Waals surface area (Å²) in [5.74, 6) is -3.22. The molecular weight excluding hydrogens is 402 g/mol. The first kappa shape index (κ1) is 19.6. The molecule has 154 valence electrons. The molecule has 0 unspecified atom stereocenters. The van der Waals surface area contributed by atoms with Gasteiger partial charge in [0.1, 0.15) is 0 Å². The summed E-state index contributed by atoms with van der Waals surface area (Å²) in [6.45, 7) is 3.93. The van der Waals surface area contributed by atoms with Crippen LogP contribution in [0.4, 0.5) is 14.5 Å². The number of aryl methyl sites for hydroxylation is 1. The van der Waals surface area contributed by atoms with Crippen LogP contribution < -0.4 is 4.90 Å². The van der Waals surface area contributed by atoms with E-state index in [4.69, 9.17) is 0 Å². The number of fused-ring (bicyclic) bond motifs is 1. The molecule has 0 aliphatic carbocycles. The third-order valence-electron chi connectivity index (χ3n) is 5.28. The summed E-state index contributed by atoms with van der Waals surface area (Å²) in [4.78, 5) is 2.12. The molecule has 0 saturated carbocycles. The first-order valence-electron chi connectivity index (χ1n) is 9.02. The normalized spacial score (nSPS) is 15.9. The van der Waals surface area contributed by atoms with Crippen LogP contribution in [0.25, 0.3) is 16.6 Å². The van der Waals surface area contributed by atoms with Crippen molar-refractivity contribution in [2.75, 3.05) is 37.3 Å². The van der Waals surface area contributed by atoms with Gasteiger partial charge in [-0.15, -0.1) is 0 Å². The Labute approximate surface area is 166 Å². The average Bonchev–Trinajstić information content (AvgIpc) is 3.10. The largest absolute Gasteiger partial charge is 0.505 e. The summed E-state index contributed by atoms with van der Waals surface area (Å²) in [5, 5.41) is 14.7. The van der Waals surface area contributed by atoms with Crippen LogP contribution in [0.15, 0.2) is 30.5 Å². The van der Waals surface area contributed by atoms with E-state index in [0.717, 1.165) is 28.8 Å². The summed E-state index contributed by atoms with van der Waals surface area (Å²) >= 11 is 0. The number of benzene rings is 2. The smallest absolute Gasteiger partial charge is 0.211 e. The highest BCUT2D eigenvalue weighted by molar-refractivity contribution is 7.88. The predicted molar refractivity (Wildman–Crippen MR) is 106 cm³/mol. The van der Waals surface area contributed by atoms with E-state index in [9.17, 15) is 22.3 Å². The number of hydrogen-bond donors (Lipinski definition) is 1. The predicted octanol–water partition coefficient (Wildman–Crippen LogP) is 2.40. The molecule has 0 radical (unpaired) electrons. The summed E-state index contributed by atoms with van der Waals surface area (Å²) in [6.07, 6.45) is 2.85. The van der Waals surface area contributed by atoms with E-state index < -0.39 is 27.4 Å². The summed E-state index contributed by atoms with van der Waals surface area (Å²) in [6, 6.07) is 5.84. The van der Waals surface area contributed by atoms with Gasteiger partial charge < -0.3 is 10.0 Å². The molecule has 2 aromatic carbocycles. The van der Waals surface area contributed by atoms with Gasteiger partial charge in [-0.3, -0.25) is 0 Å². The maximum Gasteiger partial charge on any atom is 0.211 e. The van der Waals surface area contributed by atoms with E-state index in [1.54, 1.807) is 6.20 Å². The van der Waals surface area contributed by atoms with Gasteiger partial charge in [0, 0.05) is 49.4 Å². The number of halogens is 2. The van der Waals surface area contributed by atoms with Crippen LogP contribution in [-0.2, 0) is 10.0 Å². The van der Waals surface area contributed by atoms with Crippen molar-refractivity contribution < 1.29 is 22.3 Å². The number of nitrogens with zero attached hydrogens (tertiary/aromatic N) is 4. The van der Waals surface area contributed by atoms with Gasteiger partial charge in [-0.25, -0.2) is 17.5 Å². The topological polar surface area (TPSA) is 78.7 Å². The molecule has 1 aliphatic heterocycles. The Morgan fingerprint density at radius 1 is 1.10 bits per heavy atom. The van der Waals surface area contributed by atoms with Gasteiger partial charge in [-0.2, -0.15) is 13.8 Å². The lowest BCUT2D eigenvalue weighted by Crippen LogP contribution is -2.48. The summed E-state index contributed by atoms with van der Waals surface area (Å²) in [5.41, 5.74) is 2.82. The van der Waals surface area contributed by atoms with Gasteiger partial charge in [0.2, 0.25) is 10.0 Å². The van der Waals surface area contributed by atoms with E-state index in [0.29, 0.717) is 31.7 Å². The zero-order valence-electron chi connectivity index (χ0n) is 15.9. The van der Waals surface area contributed by atoms with Crippen molar-refractivity contribution in [1.82, 2.24) is 14.1 Å². The van der Waals surface area contributed by atoms with E-state index >= 15 is 0 Å². The zero-order valence-corrected chi connectivity index (χ0v) is 16.7. The van der Waals surface area contributed by atoms with Gasteiger partial charge in [-0.1, -0.05) is 0 Å². The minimum absolute atomic E-state index is 0.213. The highest BCUT2D eigenvalue weighted by Crippen LogP contribution is 2.31. The highest BCUT2D eigenvalue weighted by Gasteiger charge is 2.25. The minimum atomic E-state index is -3.20. The molecular formula is C19H20F2N4O3S. The number of hydrogen-bond acceptors (Lipinski definition) is 5. The van der Waals surface area contributed by atoms with Crippen LogP contribution in [0.2, 0.25) is 0 Å². The number of aromatic nitrogens is 2. The highest BCUT2D eigenvalue weighted by atomic mass is 32.2. The number of anilines is 1. The molecule has 1 fully saturated rings. The standard InChI is InChI=1S/C19H20F2N4O3S/c1-12-14-11-22-25(13-9-15(20)19(21)18(26)10-13)17(14)4-3-16(12)23-5-7-24(8-6-23)29(2,27)28/h3-4,9-11,26H,5-8H2,1-2H3. The van der Waals surface area contributed by atoms with Crippen molar-refractivity contribution in [3.05, 3.63) is 47.7 Å². The summed E-state index contributed by atoms with van der Waals surface area (Å²) in [7, 11) is -3.20.